The molecule has 1 aromatic rings. The zero-order chi connectivity index (χ0) is 14.8. The van der Waals surface area contributed by atoms with E-state index in [0.717, 1.165) is 30.8 Å². The molecule has 3 heteroatoms. The van der Waals surface area contributed by atoms with Crippen molar-refractivity contribution in [3.05, 3.63) is 41.0 Å². The van der Waals surface area contributed by atoms with Crippen LogP contribution in [0.5, 0.6) is 0 Å². The van der Waals surface area contributed by atoms with Gasteiger partial charge < -0.3 is 0 Å². The third-order valence-electron chi connectivity index (χ3n) is 5.10. The number of hydrogen-bond donors (Lipinski definition) is 0. The average molecular weight is 290 g/mol. The second-order valence-corrected chi connectivity index (χ2v) is 6.26. The maximum atomic E-state index is 14.1. The Morgan fingerprint density at radius 1 is 1.00 bits per heavy atom. The van der Waals surface area contributed by atoms with Crippen LogP contribution in [0.15, 0.2) is 18.2 Å². The first-order chi connectivity index (χ1) is 10.2. The lowest BCUT2D eigenvalue weighted by atomic mass is 9.78. The van der Waals surface area contributed by atoms with Gasteiger partial charge in [-0.1, -0.05) is 37.8 Å². The van der Waals surface area contributed by atoms with Crippen molar-refractivity contribution >= 4 is 11.9 Å². The second-order valence-electron chi connectivity index (χ2n) is 6.26. The average Bonchev–Trinajstić information content (AvgIpc) is 3.05. The Morgan fingerprint density at radius 2 is 1.76 bits per heavy atom. The summed E-state index contributed by atoms with van der Waals surface area (Å²) in [5.41, 5.74) is 0.998. The Kier molecular flexibility index (Phi) is 4.18. The zero-order valence-electron chi connectivity index (χ0n) is 12.1. The third kappa shape index (κ3) is 2.78. The number of aldehydes is 1. The normalized spacial score (nSPS) is 23.1. The Hall–Kier alpha value is -1.51. The predicted molar refractivity (Wildman–Crippen MR) is 79.0 cm³/mol. The molecule has 112 valence electrons. The standard InChI is InChI=1S/C18H20F2O/c19-17-15(11-21)9-10-16(18(17)20)14-7-5-13(6-8-14)12-3-1-2-4-12/h7,9-13H,1-6,8H2. The van der Waals surface area contributed by atoms with Gasteiger partial charge in [0, 0.05) is 5.56 Å². The van der Waals surface area contributed by atoms with Gasteiger partial charge in [0.25, 0.3) is 0 Å². The zero-order valence-corrected chi connectivity index (χ0v) is 12.1. The number of hydrogen-bond acceptors (Lipinski definition) is 1. The Balaban J connectivity index is 1.79. The van der Waals surface area contributed by atoms with Crippen LogP contribution in [0.4, 0.5) is 8.78 Å². The van der Waals surface area contributed by atoms with Gasteiger partial charge in [-0.3, -0.25) is 4.79 Å². The van der Waals surface area contributed by atoms with Crippen LogP contribution in [-0.4, -0.2) is 6.29 Å². The van der Waals surface area contributed by atoms with Gasteiger partial charge >= 0.3 is 0 Å². The molecule has 1 saturated carbocycles. The molecular weight excluding hydrogens is 270 g/mol. The quantitative estimate of drug-likeness (QED) is 0.703. The summed E-state index contributed by atoms with van der Waals surface area (Å²) in [7, 11) is 0. The van der Waals surface area contributed by atoms with Crippen molar-refractivity contribution in [3.8, 4) is 0 Å². The smallest absolute Gasteiger partial charge is 0.169 e. The van der Waals surface area contributed by atoms with E-state index in [1.807, 2.05) is 0 Å². The molecule has 1 fully saturated rings. The minimum atomic E-state index is -1.03. The van der Waals surface area contributed by atoms with Crippen molar-refractivity contribution in [2.24, 2.45) is 11.8 Å². The van der Waals surface area contributed by atoms with Gasteiger partial charge in [-0.05, 0) is 42.7 Å². The highest BCUT2D eigenvalue weighted by Crippen LogP contribution is 2.41. The molecule has 3 rings (SSSR count). The van der Waals surface area contributed by atoms with Crippen LogP contribution in [0.2, 0.25) is 0 Å². The fourth-order valence-corrected chi connectivity index (χ4v) is 3.86. The lowest BCUT2D eigenvalue weighted by Crippen LogP contribution is -2.14. The number of halogens is 2. The fraction of sp³-hybridized carbons (Fsp3) is 0.500. The van der Waals surface area contributed by atoms with E-state index in [1.165, 1.54) is 37.8 Å². The van der Waals surface area contributed by atoms with Gasteiger partial charge in [-0.15, -0.1) is 0 Å². The molecule has 0 spiro atoms. The van der Waals surface area contributed by atoms with E-state index < -0.39 is 11.6 Å². The number of allylic oxidation sites excluding steroid dienone is 2. The lowest BCUT2D eigenvalue weighted by molar-refractivity contribution is 0.111. The Morgan fingerprint density at radius 3 is 2.38 bits per heavy atom. The summed E-state index contributed by atoms with van der Waals surface area (Å²) >= 11 is 0. The first-order valence-electron chi connectivity index (χ1n) is 7.83. The van der Waals surface area contributed by atoms with Crippen molar-refractivity contribution in [1.82, 2.24) is 0 Å². The minimum absolute atomic E-state index is 0.212. The fourth-order valence-electron chi connectivity index (χ4n) is 3.86. The molecule has 0 heterocycles. The molecule has 2 aliphatic carbocycles. The number of carbonyl (C=O) groups excluding carboxylic acids is 1. The molecule has 21 heavy (non-hydrogen) atoms. The van der Waals surface area contributed by atoms with Gasteiger partial charge in [-0.2, -0.15) is 0 Å². The molecule has 0 N–H and O–H groups in total. The molecule has 0 bridgehead atoms. The van der Waals surface area contributed by atoms with Crippen LogP contribution in [0.25, 0.3) is 5.57 Å². The molecule has 1 unspecified atom stereocenters. The van der Waals surface area contributed by atoms with Gasteiger partial charge in [0.15, 0.2) is 17.9 Å². The Bertz CT molecular complexity index is 571. The monoisotopic (exact) mass is 290 g/mol. The molecule has 1 atom stereocenters. The maximum absolute atomic E-state index is 14.1. The summed E-state index contributed by atoms with van der Waals surface area (Å²) < 4.78 is 27.8. The summed E-state index contributed by atoms with van der Waals surface area (Å²) in [5, 5.41) is 0. The number of carbonyl (C=O) groups is 1. The lowest BCUT2D eigenvalue weighted by Gasteiger charge is -2.27. The molecule has 0 aliphatic heterocycles. The Labute approximate surface area is 124 Å². The van der Waals surface area contributed by atoms with Gasteiger partial charge in [0.05, 0.1) is 5.56 Å². The van der Waals surface area contributed by atoms with Crippen LogP contribution < -0.4 is 0 Å². The first-order valence-corrected chi connectivity index (χ1v) is 7.83. The van der Waals surface area contributed by atoms with E-state index in [0.29, 0.717) is 17.8 Å². The highest BCUT2D eigenvalue weighted by molar-refractivity contribution is 5.77. The largest absolute Gasteiger partial charge is 0.298 e. The maximum Gasteiger partial charge on any atom is 0.169 e. The van der Waals surface area contributed by atoms with Crippen molar-refractivity contribution < 1.29 is 13.6 Å². The molecular formula is C18H20F2O. The molecule has 0 amide bonds. The summed E-state index contributed by atoms with van der Waals surface area (Å²) in [6.07, 6.45) is 10.6. The summed E-state index contributed by atoms with van der Waals surface area (Å²) in [4.78, 5) is 10.6. The highest BCUT2D eigenvalue weighted by Gasteiger charge is 2.27. The van der Waals surface area contributed by atoms with Crippen LogP contribution in [0.3, 0.4) is 0 Å². The second kappa shape index (κ2) is 6.08. The van der Waals surface area contributed by atoms with Crippen LogP contribution in [0, 0.1) is 23.5 Å². The summed E-state index contributed by atoms with van der Waals surface area (Å²) in [5.74, 6) is -0.383. The van der Waals surface area contributed by atoms with Crippen molar-refractivity contribution in [3.63, 3.8) is 0 Å². The van der Waals surface area contributed by atoms with Crippen LogP contribution >= 0.6 is 0 Å². The van der Waals surface area contributed by atoms with E-state index in [2.05, 4.69) is 6.08 Å². The van der Waals surface area contributed by atoms with Crippen molar-refractivity contribution in [1.29, 1.82) is 0 Å². The molecule has 1 aromatic carbocycles. The molecule has 0 aromatic heterocycles. The number of rotatable bonds is 3. The molecule has 2 aliphatic rings. The van der Waals surface area contributed by atoms with Crippen molar-refractivity contribution in [2.45, 2.75) is 44.9 Å². The highest BCUT2D eigenvalue weighted by atomic mass is 19.2. The predicted octanol–water partition coefficient (Wildman–Crippen LogP) is 5.15. The van der Waals surface area contributed by atoms with Crippen molar-refractivity contribution in [2.75, 3.05) is 0 Å². The summed E-state index contributed by atoms with van der Waals surface area (Å²) in [6, 6.07) is 2.90. The van der Waals surface area contributed by atoms with Crippen LogP contribution in [-0.2, 0) is 0 Å². The van der Waals surface area contributed by atoms with Gasteiger partial charge in [0.1, 0.15) is 0 Å². The van der Waals surface area contributed by atoms with E-state index >= 15 is 0 Å². The van der Waals surface area contributed by atoms with E-state index in [-0.39, 0.29) is 5.56 Å². The third-order valence-corrected chi connectivity index (χ3v) is 5.10. The molecule has 0 radical (unpaired) electrons. The van der Waals surface area contributed by atoms with E-state index in [1.54, 1.807) is 0 Å². The van der Waals surface area contributed by atoms with E-state index in [9.17, 15) is 13.6 Å². The number of benzene rings is 1. The molecule has 0 saturated heterocycles. The topological polar surface area (TPSA) is 17.1 Å². The molecule has 1 nitrogen and oxygen atoms in total. The summed E-state index contributed by atoms with van der Waals surface area (Å²) in [6.45, 7) is 0. The first kappa shape index (κ1) is 14.4. The van der Waals surface area contributed by atoms with Gasteiger partial charge in [-0.25, -0.2) is 8.78 Å². The van der Waals surface area contributed by atoms with Crippen LogP contribution in [0.1, 0.15) is 60.9 Å². The van der Waals surface area contributed by atoms with E-state index in [4.69, 9.17) is 0 Å². The SMILES string of the molecule is O=Cc1ccc(C2=CCC(C3CCCC3)CC2)c(F)c1F. The minimum Gasteiger partial charge on any atom is -0.298 e. The van der Waals surface area contributed by atoms with Gasteiger partial charge in [0.2, 0.25) is 0 Å².